The first-order chi connectivity index (χ1) is 22.8. The molecule has 246 valence electrons. The van der Waals surface area contributed by atoms with Crippen LogP contribution in [0.4, 0.5) is 0 Å². The molecule has 2 heterocycles. The van der Waals surface area contributed by atoms with Crippen LogP contribution in [0.15, 0.2) is 87.8 Å². The average Bonchev–Trinajstić information content (AvgIpc) is 3.39. The number of allylic oxidation sites excluding steroid dienone is 1. The molecule has 2 atom stereocenters. The third-order valence-corrected chi connectivity index (χ3v) is 9.09. The summed E-state index contributed by atoms with van der Waals surface area (Å²) in [5, 5.41) is 0. The Hall–Kier alpha value is -4.83. The van der Waals surface area contributed by atoms with E-state index in [0.717, 1.165) is 23.3 Å². The third-order valence-electron chi connectivity index (χ3n) is 8.11. The molecule has 1 aliphatic rings. The molecule has 3 aromatic carbocycles. The van der Waals surface area contributed by atoms with Gasteiger partial charge in [0, 0.05) is 0 Å². The van der Waals surface area contributed by atoms with Gasteiger partial charge in [-0.3, -0.25) is 9.36 Å². The standard InChI is InChI=1S/C37H40N2O7S/c1-7-23(3)26-10-16-29(17-11-26)45-19-20-46-30-18-9-25(21-31(30)43-6)22-32-35(40)39-34(27-12-14-28(42-5)15-13-27)33(36(41)44-8-2)24(4)38-37(39)47-32/h9-18,21-23,34H,7-8,19-20H2,1-6H3/b32-22-/t23-,34-/m1/s1. The van der Waals surface area contributed by atoms with Crippen molar-refractivity contribution in [2.24, 2.45) is 4.99 Å². The van der Waals surface area contributed by atoms with E-state index in [9.17, 15) is 9.59 Å². The zero-order chi connectivity index (χ0) is 33.5. The summed E-state index contributed by atoms with van der Waals surface area (Å²) in [4.78, 5) is 32.2. The van der Waals surface area contributed by atoms with Crippen LogP contribution in [0.2, 0.25) is 0 Å². The second kappa shape index (κ2) is 15.2. The minimum absolute atomic E-state index is 0.205. The lowest BCUT2D eigenvalue weighted by atomic mass is 9.96. The number of esters is 1. The van der Waals surface area contributed by atoms with Gasteiger partial charge in [0.05, 0.1) is 42.7 Å². The number of fused-ring (bicyclic) bond motifs is 1. The highest BCUT2D eigenvalue weighted by Gasteiger charge is 2.33. The van der Waals surface area contributed by atoms with E-state index in [1.54, 1.807) is 50.8 Å². The maximum absolute atomic E-state index is 14.0. The number of thiazole rings is 1. The molecule has 5 rings (SSSR count). The minimum atomic E-state index is -0.705. The zero-order valence-electron chi connectivity index (χ0n) is 27.6. The molecule has 1 aromatic heterocycles. The van der Waals surface area contributed by atoms with E-state index in [4.69, 9.17) is 23.7 Å². The van der Waals surface area contributed by atoms with E-state index in [1.165, 1.54) is 16.9 Å². The van der Waals surface area contributed by atoms with Gasteiger partial charge in [-0.05, 0) is 85.4 Å². The van der Waals surface area contributed by atoms with E-state index in [0.29, 0.717) is 57.0 Å². The molecule has 9 nitrogen and oxygen atoms in total. The number of benzene rings is 3. The van der Waals surface area contributed by atoms with Gasteiger partial charge in [-0.2, -0.15) is 0 Å². The fourth-order valence-electron chi connectivity index (χ4n) is 5.38. The largest absolute Gasteiger partial charge is 0.497 e. The Morgan fingerprint density at radius 1 is 0.936 bits per heavy atom. The highest BCUT2D eigenvalue weighted by atomic mass is 32.1. The summed E-state index contributed by atoms with van der Waals surface area (Å²) in [5.41, 5.74) is 3.35. The van der Waals surface area contributed by atoms with Crippen LogP contribution in [0.1, 0.15) is 62.8 Å². The van der Waals surface area contributed by atoms with Gasteiger partial charge in [0.25, 0.3) is 5.56 Å². The van der Waals surface area contributed by atoms with Crippen molar-refractivity contribution in [3.05, 3.63) is 114 Å². The molecule has 0 bridgehead atoms. The predicted molar refractivity (Wildman–Crippen MR) is 183 cm³/mol. The van der Waals surface area contributed by atoms with Gasteiger partial charge < -0.3 is 23.7 Å². The third kappa shape index (κ3) is 7.44. The van der Waals surface area contributed by atoms with Crippen LogP contribution in [0, 0.1) is 0 Å². The summed E-state index contributed by atoms with van der Waals surface area (Å²) in [5.74, 6) is 2.57. The molecule has 1 aliphatic heterocycles. The van der Waals surface area contributed by atoms with E-state index in [2.05, 4.69) is 31.0 Å². The molecule has 0 N–H and O–H groups in total. The number of methoxy groups -OCH3 is 2. The molecule has 10 heteroatoms. The minimum Gasteiger partial charge on any atom is -0.497 e. The second-order valence-electron chi connectivity index (χ2n) is 11.1. The van der Waals surface area contributed by atoms with Crippen molar-refractivity contribution in [2.45, 2.75) is 46.1 Å². The highest BCUT2D eigenvalue weighted by molar-refractivity contribution is 7.07. The van der Waals surface area contributed by atoms with Crippen LogP contribution < -0.4 is 33.8 Å². The quantitative estimate of drug-likeness (QED) is 0.133. The van der Waals surface area contributed by atoms with Gasteiger partial charge >= 0.3 is 5.97 Å². The smallest absolute Gasteiger partial charge is 0.338 e. The number of carbonyl (C=O) groups excluding carboxylic acids is 1. The van der Waals surface area contributed by atoms with Gasteiger partial charge in [-0.25, -0.2) is 9.79 Å². The van der Waals surface area contributed by atoms with Crippen LogP contribution in [-0.2, 0) is 9.53 Å². The lowest BCUT2D eigenvalue weighted by Gasteiger charge is -2.24. The number of ether oxygens (including phenoxy) is 5. The summed E-state index contributed by atoms with van der Waals surface area (Å²) >= 11 is 1.26. The van der Waals surface area contributed by atoms with Crippen LogP contribution in [0.25, 0.3) is 6.08 Å². The summed E-state index contributed by atoms with van der Waals surface area (Å²) in [6, 6.07) is 20.2. The first-order valence-corrected chi connectivity index (χ1v) is 16.5. The van der Waals surface area contributed by atoms with Crippen molar-refractivity contribution in [3.8, 4) is 23.0 Å². The fourth-order valence-corrected chi connectivity index (χ4v) is 6.42. The van der Waals surface area contributed by atoms with Gasteiger partial charge in [0.15, 0.2) is 16.3 Å². The van der Waals surface area contributed by atoms with Gasteiger partial charge in [0.1, 0.15) is 24.7 Å². The van der Waals surface area contributed by atoms with Crippen molar-refractivity contribution in [3.63, 3.8) is 0 Å². The van der Waals surface area contributed by atoms with Gasteiger partial charge in [-0.1, -0.05) is 55.5 Å². The zero-order valence-corrected chi connectivity index (χ0v) is 28.4. The number of aromatic nitrogens is 1. The lowest BCUT2D eigenvalue weighted by molar-refractivity contribution is -0.139. The first kappa shape index (κ1) is 33.5. The maximum atomic E-state index is 14.0. The predicted octanol–water partition coefficient (Wildman–Crippen LogP) is 5.79. The summed E-state index contributed by atoms with van der Waals surface area (Å²) in [6.07, 6.45) is 2.88. The molecule has 0 spiro atoms. The van der Waals surface area contributed by atoms with Crippen LogP contribution in [0.5, 0.6) is 23.0 Å². The Labute approximate surface area is 278 Å². The first-order valence-electron chi connectivity index (χ1n) is 15.6. The molecular weight excluding hydrogens is 616 g/mol. The Balaban J connectivity index is 1.38. The molecule has 0 unspecified atom stereocenters. The molecule has 0 fully saturated rings. The molecule has 0 aliphatic carbocycles. The van der Waals surface area contributed by atoms with E-state index < -0.39 is 12.0 Å². The number of carbonyl (C=O) groups is 1. The molecule has 0 saturated heterocycles. The topological polar surface area (TPSA) is 97.6 Å². The van der Waals surface area contributed by atoms with E-state index in [1.807, 2.05) is 42.5 Å². The molecule has 0 radical (unpaired) electrons. The average molecular weight is 657 g/mol. The number of nitrogens with zero attached hydrogens (tertiary/aromatic N) is 2. The maximum Gasteiger partial charge on any atom is 0.338 e. The van der Waals surface area contributed by atoms with Crippen LogP contribution in [0.3, 0.4) is 0 Å². The molecule has 4 aromatic rings. The van der Waals surface area contributed by atoms with Gasteiger partial charge in [0.2, 0.25) is 0 Å². The highest BCUT2D eigenvalue weighted by Crippen LogP contribution is 2.32. The van der Waals surface area contributed by atoms with E-state index >= 15 is 0 Å². The lowest BCUT2D eigenvalue weighted by Crippen LogP contribution is -2.39. The summed E-state index contributed by atoms with van der Waals surface area (Å²) in [6.45, 7) is 8.80. The molecular formula is C37H40N2O7S. The fraction of sp³-hybridized carbons (Fsp3) is 0.324. The molecule has 0 amide bonds. The Bertz CT molecular complexity index is 1930. The van der Waals surface area contributed by atoms with Crippen molar-refractivity contribution in [2.75, 3.05) is 34.0 Å². The SMILES string of the molecule is CCOC(=O)C1=C(C)N=c2s/c(=C\c3ccc(OCCOc4ccc([C@H](C)CC)cc4)c(OC)c3)c(=O)n2[C@@H]1c1ccc(OC)cc1. The monoisotopic (exact) mass is 656 g/mol. The summed E-state index contributed by atoms with van der Waals surface area (Å²) < 4.78 is 30.2. The summed E-state index contributed by atoms with van der Waals surface area (Å²) in [7, 11) is 3.16. The van der Waals surface area contributed by atoms with Gasteiger partial charge in [-0.15, -0.1) is 0 Å². The van der Waals surface area contributed by atoms with Crippen molar-refractivity contribution in [1.82, 2.24) is 4.57 Å². The van der Waals surface area contributed by atoms with Crippen molar-refractivity contribution >= 4 is 23.4 Å². The Kier molecular flexibility index (Phi) is 10.8. The van der Waals surface area contributed by atoms with E-state index in [-0.39, 0.29) is 12.2 Å². The van der Waals surface area contributed by atoms with Crippen molar-refractivity contribution in [1.29, 1.82) is 0 Å². The number of hydrogen-bond acceptors (Lipinski definition) is 9. The number of hydrogen-bond donors (Lipinski definition) is 0. The van der Waals surface area contributed by atoms with Crippen LogP contribution >= 0.6 is 11.3 Å². The Morgan fingerprint density at radius 2 is 1.64 bits per heavy atom. The van der Waals surface area contributed by atoms with Crippen LogP contribution in [-0.4, -0.2) is 44.6 Å². The molecule has 0 saturated carbocycles. The molecule has 47 heavy (non-hydrogen) atoms. The number of rotatable bonds is 13. The second-order valence-corrected chi connectivity index (χ2v) is 12.1. The van der Waals surface area contributed by atoms with Crippen molar-refractivity contribution < 1.29 is 28.5 Å². The Morgan fingerprint density at radius 3 is 2.30 bits per heavy atom. The normalized spacial score (nSPS) is 15.0.